The van der Waals surface area contributed by atoms with Crippen molar-refractivity contribution in [2.24, 2.45) is 0 Å². The molecule has 2 rings (SSSR count). The zero-order valence-electron chi connectivity index (χ0n) is 14.3. The van der Waals surface area contributed by atoms with E-state index in [-0.39, 0.29) is 24.3 Å². The van der Waals surface area contributed by atoms with E-state index in [0.29, 0.717) is 0 Å². The van der Waals surface area contributed by atoms with E-state index in [4.69, 9.17) is 9.47 Å². The Morgan fingerprint density at radius 3 is 2.36 bits per heavy atom. The lowest BCUT2D eigenvalue weighted by Crippen LogP contribution is -2.43. The highest BCUT2D eigenvalue weighted by Crippen LogP contribution is 2.27. The molecule has 2 atom stereocenters. The van der Waals surface area contributed by atoms with E-state index < -0.39 is 35.8 Å². The average molecular weight is 351 g/mol. The molecule has 1 heterocycles. The summed E-state index contributed by atoms with van der Waals surface area (Å²) in [5.41, 5.74) is -0.778. The molecule has 0 bridgehead atoms. The third-order valence-electron chi connectivity index (χ3n) is 3.59. The molecule has 8 nitrogen and oxygen atoms in total. The fourth-order valence-corrected chi connectivity index (χ4v) is 2.56. The van der Waals surface area contributed by atoms with Gasteiger partial charge in [-0.05, 0) is 32.9 Å². The minimum Gasteiger partial charge on any atom is -0.488 e. The summed E-state index contributed by atoms with van der Waals surface area (Å²) in [5.74, 6) is -2.17. The first kappa shape index (κ1) is 18.6. The minimum atomic E-state index is -1.16. The second-order valence-electron chi connectivity index (χ2n) is 6.76. The number of ether oxygens (including phenoxy) is 2. The van der Waals surface area contributed by atoms with Crippen molar-refractivity contribution in [3.05, 3.63) is 29.8 Å². The first-order valence-corrected chi connectivity index (χ1v) is 7.80. The third-order valence-corrected chi connectivity index (χ3v) is 3.59. The number of amides is 1. The van der Waals surface area contributed by atoms with Gasteiger partial charge < -0.3 is 19.7 Å². The fourth-order valence-electron chi connectivity index (χ4n) is 2.56. The van der Waals surface area contributed by atoms with E-state index in [1.165, 1.54) is 12.1 Å². The summed E-state index contributed by atoms with van der Waals surface area (Å²) in [5, 5.41) is 18.5. The van der Waals surface area contributed by atoms with Crippen molar-refractivity contribution < 1.29 is 34.1 Å². The van der Waals surface area contributed by atoms with Crippen LogP contribution in [0, 0.1) is 0 Å². The Balaban J connectivity index is 2.16. The van der Waals surface area contributed by atoms with Crippen molar-refractivity contribution in [1.82, 2.24) is 4.90 Å². The van der Waals surface area contributed by atoms with Gasteiger partial charge in [-0.2, -0.15) is 0 Å². The van der Waals surface area contributed by atoms with E-state index in [0.717, 1.165) is 4.90 Å². The lowest BCUT2D eigenvalue weighted by molar-refractivity contribution is -0.142. The van der Waals surface area contributed by atoms with Crippen LogP contribution >= 0.6 is 0 Å². The van der Waals surface area contributed by atoms with Crippen LogP contribution in [0.25, 0.3) is 0 Å². The number of nitrogens with zero attached hydrogens (tertiary/aromatic N) is 1. The Morgan fingerprint density at radius 1 is 1.16 bits per heavy atom. The molecule has 1 fully saturated rings. The minimum absolute atomic E-state index is 0.000165. The average Bonchev–Trinajstić information content (AvgIpc) is 2.90. The van der Waals surface area contributed by atoms with Gasteiger partial charge in [-0.15, -0.1) is 0 Å². The van der Waals surface area contributed by atoms with E-state index >= 15 is 0 Å². The topological polar surface area (TPSA) is 113 Å². The second kappa shape index (κ2) is 7.00. The van der Waals surface area contributed by atoms with Crippen LogP contribution in [0.1, 0.15) is 37.6 Å². The molecule has 1 aromatic rings. The number of hydrogen-bond donors (Lipinski definition) is 2. The molecule has 8 heteroatoms. The number of para-hydroxylation sites is 1. The van der Waals surface area contributed by atoms with Crippen LogP contribution in [-0.2, 0) is 9.53 Å². The van der Waals surface area contributed by atoms with Crippen LogP contribution < -0.4 is 4.74 Å². The van der Waals surface area contributed by atoms with Gasteiger partial charge in [0, 0.05) is 6.42 Å². The van der Waals surface area contributed by atoms with Crippen LogP contribution in [0.15, 0.2) is 24.3 Å². The van der Waals surface area contributed by atoms with Gasteiger partial charge in [0.15, 0.2) is 0 Å². The molecule has 1 aromatic carbocycles. The highest BCUT2D eigenvalue weighted by Gasteiger charge is 2.42. The van der Waals surface area contributed by atoms with E-state index in [1.807, 2.05) is 0 Å². The lowest BCUT2D eigenvalue weighted by atomic mass is 10.2. The molecule has 1 amide bonds. The maximum Gasteiger partial charge on any atom is 0.411 e. The van der Waals surface area contributed by atoms with Gasteiger partial charge in [-0.3, -0.25) is 4.90 Å². The standard InChI is InChI=1S/C17H21NO7/c1-17(2,3)25-16(23)18-9-10(8-12(18)15(21)22)24-13-7-5-4-6-11(13)14(19)20/h4-7,10,12H,8-9H2,1-3H3,(H,19,20)(H,21,22)/t10-,12-/m0/s1. The number of aliphatic carboxylic acids is 1. The molecule has 0 unspecified atom stereocenters. The summed E-state index contributed by atoms with van der Waals surface area (Å²) in [7, 11) is 0. The molecule has 25 heavy (non-hydrogen) atoms. The summed E-state index contributed by atoms with van der Waals surface area (Å²) in [4.78, 5) is 36.0. The number of aromatic carboxylic acids is 1. The molecule has 2 N–H and O–H groups in total. The molecule has 0 saturated carbocycles. The zero-order chi connectivity index (χ0) is 18.8. The molecular weight excluding hydrogens is 330 g/mol. The number of carboxylic acid groups (broad SMARTS) is 2. The molecule has 1 aliphatic heterocycles. The van der Waals surface area contributed by atoms with Gasteiger partial charge in [0.1, 0.15) is 29.1 Å². The SMILES string of the molecule is CC(C)(C)OC(=O)N1C[C@@H](Oc2ccccc2C(=O)O)C[C@H]1C(=O)O. The molecule has 0 spiro atoms. The fraction of sp³-hybridized carbons (Fsp3) is 0.471. The van der Waals surface area contributed by atoms with E-state index in [9.17, 15) is 24.6 Å². The Bertz CT molecular complexity index is 680. The normalized spacial score (nSPS) is 20.2. The van der Waals surface area contributed by atoms with Crippen molar-refractivity contribution in [2.75, 3.05) is 6.54 Å². The van der Waals surface area contributed by atoms with Crippen molar-refractivity contribution in [2.45, 2.75) is 44.9 Å². The van der Waals surface area contributed by atoms with Crippen molar-refractivity contribution in [3.63, 3.8) is 0 Å². The van der Waals surface area contributed by atoms with Crippen molar-refractivity contribution in [3.8, 4) is 5.75 Å². The summed E-state index contributed by atoms with van der Waals surface area (Å²) in [6.45, 7) is 5.06. The van der Waals surface area contributed by atoms with Gasteiger partial charge in [0.05, 0.1) is 6.54 Å². The number of carboxylic acids is 2. The second-order valence-corrected chi connectivity index (χ2v) is 6.76. The van der Waals surface area contributed by atoms with Gasteiger partial charge in [0.2, 0.25) is 0 Å². The van der Waals surface area contributed by atoms with E-state index in [2.05, 4.69) is 0 Å². The highest BCUT2D eigenvalue weighted by atomic mass is 16.6. The third kappa shape index (κ3) is 4.62. The number of carbonyl (C=O) groups excluding carboxylic acids is 1. The zero-order valence-corrected chi connectivity index (χ0v) is 14.3. The van der Waals surface area contributed by atoms with Crippen LogP contribution in [0.4, 0.5) is 4.79 Å². The molecule has 0 aliphatic carbocycles. The quantitative estimate of drug-likeness (QED) is 0.855. The smallest absolute Gasteiger partial charge is 0.411 e. The number of hydrogen-bond acceptors (Lipinski definition) is 5. The van der Waals surface area contributed by atoms with Crippen molar-refractivity contribution in [1.29, 1.82) is 0 Å². The van der Waals surface area contributed by atoms with Gasteiger partial charge in [-0.25, -0.2) is 14.4 Å². The van der Waals surface area contributed by atoms with Crippen molar-refractivity contribution >= 4 is 18.0 Å². The lowest BCUT2D eigenvalue weighted by Gasteiger charge is -2.26. The van der Waals surface area contributed by atoms with Crippen LogP contribution in [0.5, 0.6) is 5.75 Å². The first-order chi connectivity index (χ1) is 11.6. The number of rotatable bonds is 4. The molecular formula is C17H21NO7. The first-order valence-electron chi connectivity index (χ1n) is 7.80. The summed E-state index contributed by atoms with van der Waals surface area (Å²) in [6.07, 6.45) is -1.34. The van der Waals surface area contributed by atoms with Crippen LogP contribution in [0.2, 0.25) is 0 Å². The predicted octanol–water partition coefficient (Wildman–Crippen LogP) is 2.23. The molecule has 1 saturated heterocycles. The molecule has 1 aliphatic rings. The number of carbonyl (C=O) groups is 3. The molecule has 136 valence electrons. The Morgan fingerprint density at radius 2 is 1.80 bits per heavy atom. The largest absolute Gasteiger partial charge is 0.488 e. The van der Waals surface area contributed by atoms with Gasteiger partial charge in [0.25, 0.3) is 0 Å². The summed E-state index contributed by atoms with van der Waals surface area (Å²) < 4.78 is 10.9. The monoisotopic (exact) mass is 351 g/mol. The predicted molar refractivity (Wildman–Crippen MR) is 86.8 cm³/mol. The van der Waals surface area contributed by atoms with Gasteiger partial charge in [-0.1, -0.05) is 12.1 Å². The number of benzene rings is 1. The number of likely N-dealkylation sites (tertiary alicyclic amines) is 1. The molecule has 0 aromatic heterocycles. The Labute approximate surface area is 144 Å². The Kier molecular flexibility index (Phi) is 5.20. The maximum absolute atomic E-state index is 12.2. The highest BCUT2D eigenvalue weighted by molar-refractivity contribution is 5.90. The Hall–Kier alpha value is -2.77. The van der Waals surface area contributed by atoms with E-state index in [1.54, 1.807) is 32.9 Å². The van der Waals surface area contributed by atoms with Crippen LogP contribution in [0.3, 0.4) is 0 Å². The summed E-state index contributed by atoms with van der Waals surface area (Å²) in [6, 6.07) is 4.99. The summed E-state index contributed by atoms with van der Waals surface area (Å²) >= 11 is 0. The molecule has 0 radical (unpaired) electrons. The van der Waals surface area contributed by atoms with Crippen LogP contribution in [-0.4, -0.2) is 57.4 Å². The maximum atomic E-state index is 12.2. The van der Waals surface area contributed by atoms with Gasteiger partial charge >= 0.3 is 18.0 Å².